The smallest absolute Gasteiger partial charge is 0.337 e. The molecule has 1 aromatic heterocycles. The van der Waals surface area contributed by atoms with Crippen molar-refractivity contribution in [3.63, 3.8) is 0 Å². The van der Waals surface area contributed by atoms with Gasteiger partial charge in [0, 0.05) is 17.6 Å². The molecule has 2 aromatic rings. The zero-order chi connectivity index (χ0) is 11.7. The van der Waals surface area contributed by atoms with E-state index in [1.54, 1.807) is 12.3 Å². The summed E-state index contributed by atoms with van der Waals surface area (Å²) in [5, 5.41) is 8.96. The average Bonchev–Trinajstić information content (AvgIpc) is 2.61. The van der Waals surface area contributed by atoms with Crippen LogP contribution in [0.2, 0.25) is 0 Å². The van der Waals surface area contributed by atoms with E-state index in [-0.39, 0.29) is 0 Å². The SMILES string of the molecule is Cc1ccc(-n2ccc(C(=O)O)c2C)cc1. The Hall–Kier alpha value is -2.03. The van der Waals surface area contributed by atoms with E-state index in [9.17, 15) is 4.79 Å². The minimum absolute atomic E-state index is 0.348. The van der Waals surface area contributed by atoms with Crippen LogP contribution in [0, 0.1) is 13.8 Å². The van der Waals surface area contributed by atoms with Gasteiger partial charge in [-0.3, -0.25) is 0 Å². The molecule has 0 fully saturated rings. The highest BCUT2D eigenvalue weighted by atomic mass is 16.4. The molecule has 0 aliphatic heterocycles. The Labute approximate surface area is 94.0 Å². The molecule has 16 heavy (non-hydrogen) atoms. The predicted octanol–water partition coefficient (Wildman–Crippen LogP) is 2.79. The molecule has 0 spiro atoms. The first-order valence-corrected chi connectivity index (χ1v) is 5.08. The van der Waals surface area contributed by atoms with Gasteiger partial charge in [-0.15, -0.1) is 0 Å². The zero-order valence-corrected chi connectivity index (χ0v) is 9.27. The maximum atomic E-state index is 10.9. The van der Waals surface area contributed by atoms with Crippen molar-refractivity contribution in [2.45, 2.75) is 13.8 Å². The van der Waals surface area contributed by atoms with Crippen LogP contribution < -0.4 is 0 Å². The highest BCUT2D eigenvalue weighted by Crippen LogP contribution is 2.16. The standard InChI is InChI=1S/C13H13NO2/c1-9-3-5-11(6-4-9)14-8-7-12(10(14)2)13(15)16/h3-8H,1-2H3,(H,15,16). The van der Waals surface area contributed by atoms with Crippen LogP contribution in [0.15, 0.2) is 36.5 Å². The molecule has 0 unspecified atom stereocenters. The van der Waals surface area contributed by atoms with Crippen LogP contribution in [-0.4, -0.2) is 15.6 Å². The zero-order valence-electron chi connectivity index (χ0n) is 9.27. The molecule has 3 heteroatoms. The molecule has 0 saturated carbocycles. The Morgan fingerprint density at radius 2 is 1.75 bits per heavy atom. The highest BCUT2D eigenvalue weighted by molar-refractivity contribution is 5.89. The molecule has 0 atom stereocenters. The van der Waals surface area contributed by atoms with Crippen LogP contribution in [0.4, 0.5) is 0 Å². The average molecular weight is 215 g/mol. The van der Waals surface area contributed by atoms with E-state index in [4.69, 9.17) is 5.11 Å². The van der Waals surface area contributed by atoms with Gasteiger partial charge in [-0.05, 0) is 32.0 Å². The number of hydrogen-bond acceptors (Lipinski definition) is 1. The van der Waals surface area contributed by atoms with Crippen molar-refractivity contribution >= 4 is 5.97 Å². The Bertz CT molecular complexity index is 523. The molecule has 82 valence electrons. The summed E-state index contributed by atoms with van der Waals surface area (Å²) < 4.78 is 1.88. The lowest BCUT2D eigenvalue weighted by Crippen LogP contribution is -2.01. The normalized spacial score (nSPS) is 10.4. The highest BCUT2D eigenvalue weighted by Gasteiger charge is 2.11. The second kappa shape index (κ2) is 3.85. The third kappa shape index (κ3) is 1.72. The van der Waals surface area contributed by atoms with Gasteiger partial charge in [0.15, 0.2) is 0 Å². The Morgan fingerprint density at radius 3 is 2.25 bits per heavy atom. The van der Waals surface area contributed by atoms with Gasteiger partial charge in [0.05, 0.1) is 5.56 Å². The fraction of sp³-hybridized carbons (Fsp3) is 0.154. The molecule has 3 nitrogen and oxygen atoms in total. The first kappa shape index (κ1) is 10.5. The number of aryl methyl sites for hydroxylation is 1. The molecule has 1 N–H and O–H groups in total. The summed E-state index contributed by atoms with van der Waals surface area (Å²) in [6, 6.07) is 9.60. The summed E-state index contributed by atoms with van der Waals surface area (Å²) in [6.45, 7) is 3.83. The summed E-state index contributed by atoms with van der Waals surface area (Å²) in [4.78, 5) is 10.9. The van der Waals surface area contributed by atoms with Gasteiger partial charge in [0.25, 0.3) is 0 Å². The Kier molecular flexibility index (Phi) is 2.52. The largest absolute Gasteiger partial charge is 0.478 e. The fourth-order valence-electron chi connectivity index (χ4n) is 1.72. The molecule has 1 heterocycles. The van der Waals surface area contributed by atoms with Crippen molar-refractivity contribution in [2.24, 2.45) is 0 Å². The lowest BCUT2D eigenvalue weighted by molar-refractivity contribution is 0.0696. The lowest BCUT2D eigenvalue weighted by Gasteiger charge is -2.06. The van der Waals surface area contributed by atoms with Crippen molar-refractivity contribution < 1.29 is 9.90 Å². The van der Waals surface area contributed by atoms with Crippen LogP contribution in [0.5, 0.6) is 0 Å². The number of carboxylic acid groups (broad SMARTS) is 1. The quantitative estimate of drug-likeness (QED) is 0.837. The molecular formula is C13H13NO2. The predicted molar refractivity (Wildman–Crippen MR) is 62.2 cm³/mol. The number of aromatic nitrogens is 1. The summed E-state index contributed by atoms with van der Waals surface area (Å²) in [6.07, 6.45) is 1.78. The van der Waals surface area contributed by atoms with Gasteiger partial charge in [-0.25, -0.2) is 4.79 Å². The van der Waals surface area contributed by atoms with Crippen molar-refractivity contribution in [1.29, 1.82) is 0 Å². The molecule has 0 saturated heterocycles. The molecule has 2 rings (SSSR count). The molecule has 0 radical (unpaired) electrons. The monoisotopic (exact) mass is 215 g/mol. The first-order valence-electron chi connectivity index (χ1n) is 5.08. The molecule has 0 amide bonds. The third-order valence-corrected chi connectivity index (χ3v) is 2.68. The van der Waals surface area contributed by atoms with Crippen LogP contribution in [-0.2, 0) is 0 Å². The number of benzene rings is 1. The van der Waals surface area contributed by atoms with E-state index in [2.05, 4.69) is 0 Å². The summed E-state index contributed by atoms with van der Waals surface area (Å²) in [7, 11) is 0. The van der Waals surface area contributed by atoms with Gasteiger partial charge in [-0.2, -0.15) is 0 Å². The topological polar surface area (TPSA) is 42.2 Å². The van der Waals surface area contributed by atoms with E-state index in [1.807, 2.05) is 42.7 Å². The number of carboxylic acids is 1. The minimum Gasteiger partial charge on any atom is -0.478 e. The second-order valence-corrected chi connectivity index (χ2v) is 3.83. The summed E-state index contributed by atoms with van der Waals surface area (Å²) in [5.74, 6) is -0.886. The third-order valence-electron chi connectivity index (χ3n) is 2.68. The van der Waals surface area contributed by atoms with Crippen molar-refractivity contribution in [3.8, 4) is 5.69 Å². The van der Waals surface area contributed by atoms with Gasteiger partial charge in [-0.1, -0.05) is 17.7 Å². The van der Waals surface area contributed by atoms with Crippen LogP contribution in [0.25, 0.3) is 5.69 Å². The van der Waals surface area contributed by atoms with Gasteiger partial charge < -0.3 is 9.67 Å². The molecule has 0 aliphatic carbocycles. The van der Waals surface area contributed by atoms with Crippen LogP contribution >= 0.6 is 0 Å². The Balaban J connectivity index is 2.49. The van der Waals surface area contributed by atoms with E-state index in [1.165, 1.54) is 5.56 Å². The number of aromatic carboxylic acids is 1. The van der Waals surface area contributed by atoms with Crippen molar-refractivity contribution in [1.82, 2.24) is 4.57 Å². The van der Waals surface area contributed by atoms with E-state index in [0.29, 0.717) is 5.56 Å². The van der Waals surface area contributed by atoms with E-state index >= 15 is 0 Å². The second-order valence-electron chi connectivity index (χ2n) is 3.83. The summed E-state index contributed by atoms with van der Waals surface area (Å²) >= 11 is 0. The minimum atomic E-state index is -0.886. The lowest BCUT2D eigenvalue weighted by atomic mass is 10.2. The number of nitrogens with zero attached hydrogens (tertiary/aromatic N) is 1. The molecular weight excluding hydrogens is 202 g/mol. The number of carbonyl (C=O) groups is 1. The first-order chi connectivity index (χ1) is 7.59. The van der Waals surface area contributed by atoms with Gasteiger partial charge >= 0.3 is 5.97 Å². The molecule has 0 bridgehead atoms. The van der Waals surface area contributed by atoms with Crippen LogP contribution in [0.1, 0.15) is 21.6 Å². The van der Waals surface area contributed by atoms with Gasteiger partial charge in [0.1, 0.15) is 0 Å². The van der Waals surface area contributed by atoms with Crippen LogP contribution in [0.3, 0.4) is 0 Å². The fourth-order valence-corrected chi connectivity index (χ4v) is 1.72. The van der Waals surface area contributed by atoms with E-state index < -0.39 is 5.97 Å². The maximum absolute atomic E-state index is 10.9. The maximum Gasteiger partial charge on any atom is 0.337 e. The summed E-state index contributed by atoms with van der Waals surface area (Å²) in [5.41, 5.74) is 3.26. The molecule has 1 aromatic carbocycles. The number of rotatable bonds is 2. The number of hydrogen-bond donors (Lipinski definition) is 1. The Morgan fingerprint density at radius 1 is 1.12 bits per heavy atom. The van der Waals surface area contributed by atoms with Gasteiger partial charge in [0.2, 0.25) is 0 Å². The van der Waals surface area contributed by atoms with Crippen molar-refractivity contribution in [3.05, 3.63) is 53.3 Å². The van der Waals surface area contributed by atoms with E-state index in [0.717, 1.165) is 11.4 Å². The molecule has 0 aliphatic rings. The van der Waals surface area contributed by atoms with Crippen molar-refractivity contribution in [2.75, 3.05) is 0 Å².